The van der Waals surface area contributed by atoms with Crippen LogP contribution in [-0.4, -0.2) is 18.1 Å². The Balaban J connectivity index is 2.54. The highest BCUT2D eigenvalue weighted by Gasteiger charge is 2.19. The summed E-state index contributed by atoms with van der Waals surface area (Å²) in [6.45, 7) is 7.69. The fraction of sp³-hybridized carbons (Fsp3) is 0.294. The first kappa shape index (κ1) is 16.3. The molecule has 2 rings (SSSR count). The molecule has 1 heterocycles. The van der Waals surface area contributed by atoms with Gasteiger partial charge in [-0.05, 0) is 44.9 Å². The predicted molar refractivity (Wildman–Crippen MR) is 86.1 cm³/mol. The summed E-state index contributed by atoms with van der Waals surface area (Å²) in [6, 6.07) is 5.55. The number of ether oxygens (including phenoxy) is 2. The lowest BCUT2D eigenvalue weighted by atomic mass is 10.1. The number of aryl methyl sites for hydroxylation is 4. The lowest BCUT2D eigenvalue weighted by Gasteiger charge is -2.15. The average molecular weight is 320 g/mol. The van der Waals surface area contributed by atoms with E-state index in [0.717, 1.165) is 16.7 Å². The first-order chi connectivity index (χ1) is 10.3. The molecule has 0 N–H and O–H groups in total. The van der Waals surface area contributed by atoms with E-state index in [1.54, 1.807) is 6.92 Å². The van der Waals surface area contributed by atoms with E-state index in [4.69, 9.17) is 21.1 Å². The number of nitrogens with zero attached hydrogens (tertiary/aromatic N) is 1. The van der Waals surface area contributed by atoms with Gasteiger partial charge in [-0.1, -0.05) is 29.3 Å². The summed E-state index contributed by atoms with van der Waals surface area (Å²) < 4.78 is 10.7. The molecule has 0 atom stereocenters. The van der Waals surface area contributed by atoms with Crippen molar-refractivity contribution in [2.24, 2.45) is 0 Å². The Morgan fingerprint density at radius 3 is 2.23 bits per heavy atom. The molecule has 0 saturated carbocycles. The summed E-state index contributed by atoms with van der Waals surface area (Å²) in [7, 11) is 1.31. The average Bonchev–Trinajstić information content (AvgIpc) is 2.45. The van der Waals surface area contributed by atoms with E-state index >= 15 is 0 Å². The van der Waals surface area contributed by atoms with Gasteiger partial charge < -0.3 is 9.47 Å². The van der Waals surface area contributed by atoms with Gasteiger partial charge in [-0.15, -0.1) is 0 Å². The molecule has 0 aliphatic rings. The van der Waals surface area contributed by atoms with Crippen LogP contribution in [0.2, 0.25) is 5.02 Å². The Hall–Kier alpha value is -2.07. The third-order valence-electron chi connectivity index (χ3n) is 3.33. The smallest absolute Gasteiger partial charge is 0.343 e. The Morgan fingerprint density at radius 1 is 1.09 bits per heavy atom. The molecular formula is C17H18ClNO3. The first-order valence-corrected chi connectivity index (χ1v) is 7.22. The normalized spacial score (nSPS) is 10.5. The zero-order chi connectivity index (χ0) is 16.4. The van der Waals surface area contributed by atoms with Crippen molar-refractivity contribution in [3.05, 3.63) is 51.2 Å². The van der Waals surface area contributed by atoms with E-state index in [1.807, 2.05) is 32.9 Å². The van der Waals surface area contributed by atoms with Crippen molar-refractivity contribution in [1.82, 2.24) is 4.98 Å². The third kappa shape index (κ3) is 3.22. The summed E-state index contributed by atoms with van der Waals surface area (Å²) in [5.41, 5.74) is 3.89. The van der Waals surface area contributed by atoms with E-state index in [2.05, 4.69) is 4.98 Å². The zero-order valence-corrected chi connectivity index (χ0v) is 14.0. The quantitative estimate of drug-likeness (QED) is 0.779. The molecule has 0 fully saturated rings. The van der Waals surface area contributed by atoms with Crippen molar-refractivity contribution >= 4 is 17.6 Å². The van der Waals surface area contributed by atoms with Crippen LogP contribution in [0.5, 0.6) is 11.6 Å². The van der Waals surface area contributed by atoms with Crippen LogP contribution < -0.4 is 4.74 Å². The number of methoxy groups -OCH3 is 1. The standard InChI is InChI=1S/C17H18ClNO3/c1-9-6-10(2)15(11(3)7-9)22-16-13(17(20)21-5)8-14(18)12(4)19-16/h6-8H,1-5H3. The number of hydrogen-bond donors (Lipinski definition) is 0. The van der Waals surface area contributed by atoms with Crippen LogP contribution in [-0.2, 0) is 4.74 Å². The summed E-state index contributed by atoms with van der Waals surface area (Å²) in [5.74, 6) is 0.348. The minimum absolute atomic E-state index is 0.198. The van der Waals surface area contributed by atoms with Crippen molar-refractivity contribution < 1.29 is 14.3 Å². The molecule has 22 heavy (non-hydrogen) atoms. The molecule has 0 aliphatic carbocycles. The van der Waals surface area contributed by atoms with Gasteiger partial charge in [-0.25, -0.2) is 9.78 Å². The van der Waals surface area contributed by atoms with Crippen molar-refractivity contribution in [3.8, 4) is 11.6 Å². The maximum atomic E-state index is 11.9. The summed E-state index contributed by atoms with van der Waals surface area (Å²) >= 11 is 6.05. The molecule has 0 saturated heterocycles. The number of rotatable bonds is 3. The third-order valence-corrected chi connectivity index (χ3v) is 3.71. The first-order valence-electron chi connectivity index (χ1n) is 6.84. The molecule has 0 bridgehead atoms. The second-order valence-corrected chi connectivity index (χ2v) is 5.64. The van der Waals surface area contributed by atoms with Gasteiger partial charge in [-0.2, -0.15) is 0 Å². The van der Waals surface area contributed by atoms with Gasteiger partial charge in [0.05, 0.1) is 17.8 Å². The molecule has 2 aromatic rings. The molecule has 0 radical (unpaired) electrons. The minimum atomic E-state index is -0.535. The molecule has 0 amide bonds. The van der Waals surface area contributed by atoms with Crippen LogP contribution >= 0.6 is 11.6 Å². The van der Waals surface area contributed by atoms with Gasteiger partial charge in [0.2, 0.25) is 5.88 Å². The number of carbonyl (C=O) groups is 1. The van der Waals surface area contributed by atoms with Crippen LogP contribution in [0.3, 0.4) is 0 Å². The van der Waals surface area contributed by atoms with Crippen molar-refractivity contribution in [2.75, 3.05) is 7.11 Å². The summed E-state index contributed by atoms with van der Waals surface area (Å²) in [6.07, 6.45) is 0. The molecule has 0 spiro atoms. The highest BCUT2D eigenvalue weighted by atomic mass is 35.5. The molecule has 4 nitrogen and oxygen atoms in total. The van der Waals surface area contributed by atoms with Gasteiger partial charge in [0, 0.05) is 0 Å². The summed E-state index contributed by atoms with van der Waals surface area (Å²) in [4.78, 5) is 16.2. The predicted octanol–water partition coefficient (Wildman–Crippen LogP) is 4.55. The maximum Gasteiger partial charge on any atom is 0.343 e. The maximum absolute atomic E-state index is 11.9. The van der Waals surface area contributed by atoms with E-state index < -0.39 is 5.97 Å². The Kier molecular flexibility index (Phi) is 4.71. The van der Waals surface area contributed by atoms with Crippen molar-refractivity contribution in [1.29, 1.82) is 0 Å². The largest absolute Gasteiger partial charge is 0.465 e. The van der Waals surface area contributed by atoms with Crippen LogP contribution in [0.4, 0.5) is 0 Å². The molecule has 0 aliphatic heterocycles. The van der Waals surface area contributed by atoms with Gasteiger partial charge in [-0.3, -0.25) is 0 Å². The second-order valence-electron chi connectivity index (χ2n) is 5.23. The Morgan fingerprint density at radius 2 is 1.68 bits per heavy atom. The van der Waals surface area contributed by atoms with Gasteiger partial charge in [0.25, 0.3) is 0 Å². The summed E-state index contributed by atoms with van der Waals surface area (Å²) in [5, 5.41) is 0.394. The number of aromatic nitrogens is 1. The number of benzene rings is 1. The number of hydrogen-bond acceptors (Lipinski definition) is 4. The lowest BCUT2D eigenvalue weighted by Crippen LogP contribution is -2.07. The van der Waals surface area contributed by atoms with Crippen LogP contribution in [0, 0.1) is 27.7 Å². The number of pyridine rings is 1. The van der Waals surface area contributed by atoms with Crippen molar-refractivity contribution in [2.45, 2.75) is 27.7 Å². The lowest BCUT2D eigenvalue weighted by molar-refractivity contribution is 0.0597. The number of halogens is 1. The van der Waals surface area contributed by atoms with Gasteiger partial charge in [0.15, 0.2) is 0 Å². The van der Waals surface area contributed by atoms with Crippen LogP contribution in [0.25, 0.3) is 0 Å². The molecule has 5 heteroatoms. The fourth-order valence-corrected chi connectivity index (χ4v) is 2.47. The van der Waals surface area contributed by atoms with E-state index in [9.17, 15) is 4.79 Å². The minimum Gasteiger partial charge on any atom is -0.465 e. The Labute approximate surface area is 135 Å². The highest BCUT2D eigenvalue weighted by Crippen LogP contribution is 2.32. The SMILES string of the molecule is COC(=O)c1cc(Cl)c(C)nc1Oc1c(C)cc(C)cc1C. The zero-order valence-electron chi connectivity index (χ0n) is 13.3. The van der Waals surface area contributed by atoms with Crippen molar-refractivity contribution in [3.63, 3.8) is 0 Å². The number of esters is 1. The molecule has 1 aromatic heterocycles. The molecule has 0 unspecified atom stereocenters. The molecular weight excluding hydrogens is 302 g/mol. The Bertz CT molecular complexity index is 718. The monoisotopic (exact) mass is 319 g/mol. The van der Waals surface area contributed by atoms with Gasteiger partial charge in [0.1, 0.15) is 11.3 Å². The fourth-order valence-electron chi connectivity index (χ4n) is 2.32. The molecule has 116 valence electrons. The van der Waals surface area contributed by atoms with Crippen LogP contribution in [0.15, 0.2) is 18.2 Å². The van der Waals surface area contributed by atoms with Gasteiger partial charge >= 0.3 is 5.97 Å². The topological polar surface area (TPSA) is 48.4 Å². The van der Waals surface area contributed by atoms with E-state index in [0.29, 0.717) is 16.5 Å². The van der Waals surface area contributed by atoms with E-state index in [-0.39, 0.29) is 11.4 Å². The van der Waals surface area contributed by atoms with E-state index in [1.165, 1.54) is 13.2 Å². The molecule has 1 aromatic carbocycles. The number of carbonyl (C=O) groups excluding carboxylic acids is 1. The van der Waals surface area contributed by atoms with Crippen LogP contribution in [0.1, 0.15) is 32.7 Å². The highest BCUT2D eigenvalue weighted by molar-refractivity contribution is 6.31. The second kappa shape index (κ2) is 6.36.